The molecule has 1 saturated heterocycles. The standard InChI is InChI=1S/C19H16ClN5O.C7H15NO.C3H4O/c1-22-19-17(18(21)26)15(24-25-19)5-4-11-8-16-13(9-14(11)20)12(6-7-23-16)10-2-3-10;1-8-5-3-4-7(8)6-9-2;1-2-3-4/h6-10H,2-3H2,1H3,(H2,21,26)(H2,22,24,25);7H,3-6H2,1-2H3;2-3H,1H2. The number of fused-ring (bicyclic) bond motifs is 1. The monoisotopic (exact) mass is 550 g/mol. The van der Waals surface area contributed by atoms with Crippen LogP contribution in [0.25, 0.3) is 10.9 Å². The Hall–Kier alpha value is -3.71. The van der Waals surface area contributed by atoms with Crippen molar-refractivity contribution >= 4 is 40.5 Å². The number of nitrogens with two attached hydrogens (primary N) is 1. The summed E-state index contributed by atoms with van der Waals surface area (Å²) in [6.45, 7) is 5.25. The molecule has 5 rings (SSSR count). The number of amides is 1. The predicted octanol–water partition coefficient (Wildman–Crippen LogP) is 4.13. The summed E-state index contributed by atoms with van der Waals surface area (Å²) in [5, 5.41) is 11.1. The van der Waals surface area contributed by atoms with Crippen LogP contribution in [0.5, 0.6) is 0 Å². The lowest BCUT2D eigenvalue weighted by molar-refractivity contribution is -0.104. The average molecular weight is 551 g/mol. The van der Waals surface area contributed by atoms with E-state index in [0.717, 1.165) is 17.5 Å². The number of methoxy groups -OCH3 is 1. The van der Waals surface area contributed by atoms with Gasteiger partial charge in [0.05, 0.1) is 17.1 Å². The van der Waals surface area contributed by atoms with Gasteiger partial charge >= 0.3 is 0 Å². The fourth-order valence-electron chi connectivity index (χ4n) is 4.40. The molecule has 0 spiro atoms. The SMILES string of the molecule is C=CC=O.CNc1n[nH]c(C#Cc2cc3nccc(C4CC4)c3cc2Cl)c1C(N)=O.COCC1CCCN1C. The van der Waals surface area contributed by atoms with Crippen molar-refractivity contribution in [2.45, 2.75) is 37.6 Å². The van der Waals surface area contributed by atoms with E-state index in [1.165, 1.54) is 43.9 Å². The molecule has 2 aliphatic rings. The number of likely N-dealkylation sites (N-methyl/N-ethyl adjacent to an activating group) is 1. The van der Waals surface area contributed by atoms with E-state index in [2.05, 4.69) is 56.9 Å². The van der Waals surface area contributed by atoms with E-state index < -0.39 is 5.91 Å². The Morgan fingerprint density at radius 3 is 2.67 bits per heavy atom. The van der Waals surface area contributed by atoms with E-state index in [1.807, 2.05) is 18.3 Å². The van der Waals surface area contributed by atoms with Crippen LogP contribution in [0, 0.1) is 11.8 Å². The van der Waals surface area contributed by atoms with Gasteiger partial charge in [-0.25, -0.2) is 0 Å². The molecule has 39 heavy (non-hydrogen) atoms. The highest BCUT2D eigenvalue weighted by atomic mass is 35.5. The molecule has 1 amide bonds. The van der Waals surface area contributed by atoms with E-state index in [1.54, 1.807) is 14.2 Å². The average Bonchev–Trinajstić information content (AvgIpc) is 3.57. The number of nitrogens with one attached hydrogen (secondary N) is 2. The van der Waals surface area contributed by atoms with Crippen molar-refractivity contribution in [2.24, 2.45) is 5.73 Å². The number of nitrogens with zero attached hydrogens (tertiary/aromatic N) is 3. The minimum atomic E-state index is -0.604. The topological polar surface area (TPSA) is 126 Å². The van der Waals surface area contributed by atoms with E-state index in [0.29, 0.717) is 40.3 Å². The third-order valence-electron chi connectivity index (χ3n) is 6.58. The number of rotatable bonds is 6. The van der Waals surface area contributed by atoms with Gasteiger partial charge in [-0.05, 0) is 81.0 Å². The van der Waals surface area contributed by atoms with Gasteiger partial charge in [0, 0.05) is 37.3 Å². The van der Waals surface area contributed by atoms with Crippen LogP contribution >= 0.6 is 11.6 Å². The summed E-state index contributed by atoms with van der Waals surface area (Å²) in [5.41, 5.74) is 8.78. The van der Waals surface area contributed by atoms with Crippen LogP contribution in [-0.4, -0.2) is 72.7 Å². The maximum atomic E-state index is 11.6. The number of aromatic amines is 1. The molecular weight excluding hydrogens is 516 g/mol. The smallest absolute Gasteiger partial charge is 0.255 e. The minimum Gasteiger partial charge on any atom is -0.383 e. The molecule has 1 aromatic carbocycles. The summed E-state index contributed by atoms with van der Waals surface area (Å²) in [6.07, 6.45) is 8.72. The molecular formula is C29H35ClN6O3. The zero-order chi connectivity index (χ0) is 28.4. The Morgan fingerprint density at radius 1 is 1.36 bits per heavy atom. The van der Waals surface area contributed by atoms with Crippen LogP contribution in [-0.2, 0) is 9.53 Å². The first-order chi connectivity index (χ1) is 18.8. The number of allylic oxidation sites excluding steroid dienone is 1. The molecule has 1 saturated carbocycles. The largest absolute Gasteiger partial charge is 0.383 e. The van der Waals surface area contributed by atoms with Gasteiger partial charge in [0.15, 0.2) is 5.82 Å². The molecule has 1 aliphatic carbocycles. The minimum absolute atomic E-state index is 0.228. The van der Waals surface area contributed by atoms with Crippen LogP contribution < -0.4 is 11.1 Å². The Bertz CT molecular complexity index is 1370. The number of likely N-dealkylation sites (tertiary alicyclic amines) is 1. The van der Waals surface area contributed by atoms with Crippen LogP contribution in [0.1, 0.15) is 58.8 Å². The normalized spacial score (nSPS) is 16.2. The molecule has 4 N–H and O–H groups in total. The summed E-state index contributed by atoms with van der Waals surface area (Å²) < 4.78 is 5.05. The summed E-state index contributed by atoms with van der Waals surface area (Å²) in [4.78, 5) is 27.5. The first kappa shape index (κ1) is 29.8. The zero-order valence-corrected chi connectivity index (χ0v) is 23.3. The molecule has 10 heteroatoms. The highest BCUT2D eigenvalue weighted by Gasteiger charge is 2.25. The van der Waals surface area contributed by atoms with Crippen molar-refractivity contribution in [1.29, 1.82) is 0 Å². The number of primary amides is 1. The molecule has 3 heterocycles. The molecule has 0 bridgehead atoms. The lowest BCUT2D eigenvalue weighted by atomic mass is 10.0. The second-order valence-electron chi connectivity index (χ2n) is 9.31. The Balaban J connectivity index is 0.000000268. The second-order valence-corrected chi connectivity index (χ2v) is 9.72. The van der Waals surface area contributed by atoms with Crippen molar-refractivity contribution < 1.29 is 14.3 Å². The van der Waals surface area contributed by atoms with Crippen LogP contribution in [0.15, 0.2) is 37.1 Å². The number of ether oxygens (including phenoxy) is 1. The van der Waals surface area contributed by atoms with Crippen molar-refractivity contribution in [2.75, 3.05) is 39.7 Å². The molecule has 3 aromatic rings. The van der Waals surface area contributed by atoms with E-state index in [9.17, 15) is 4.79 Å². The summed E-state index contributed by atoms with van der Waals surface area (Å²) >= 11 is 6.44. The number of carbonyl (C=O) groups is 2. The number of halogens is 1. The van der Waals surface area contributed by atoms with Gasteiger partial charge in [-0.15, -0.1) is 0 Å². The van der Waals surface area contributed by atoms with Gasteiger partial charge in [-0.3, -0.25) is 19.7 Å². The second kappa shape index (κ2) is 14.4. The number of pyridine rings is 1. The lowest BCUT2D eigenvalue weighted by Crippen LogP contribution is -2.28. The van der Waals surface area contributed by atoms with E-state index in [-0.39, 0.29) is 5.56 Å². The molecule has 1 unspecified atom stereocenters. The highest BCUT2D eigenvalue weighted by molar-refractivity contribution is 6.32. The van der Waals surface area contributed by atoms with Crippen molar-refractivity contribution in [3.8, 4) is 11.8 Å². The molecule has 9 nitrogen and oxygen atoms in total. The van der Waals surface area contributed by atoms with Crippen LogP contribution in [0.4, 0.5) is 5.82 Å². The Labute approximate surface area is 234 Å². The van der Waals surface area contributed by atoms with Gasteiger partial charge in [0.2, 0.25) is 0 Å². The molecule has 1 aliphatic heterocycles. The zero-order valence-electron chi connectivity index (χ0n) is 22.6. The first-order valence-electron chi connectivity index (χ1n) is 12.8. The van der Waals surface area contributed by atoms with Gasteiger partial charge in [0.1, 0.15) is 17.5 Å². The van der Waals surface area contributed by atoms with Gasteiger partial charge in [-0.1, -0.05) is 24.1 Å². The molecule has 2 fully saturated rings. The van der Waals surface area contributed by atoms with Gasteiger partial charge < -0.3 is 20.7 Å². The number of aromatic nitrogens is 3. The lowest BCUT2D eigenvalue weighted by Gasteiger charge is -2.17. The van der Waals surface area contributed by atoms with Crippen molar-refractivity contribution in [3.05, 3.63) is 64.5 Å². The maximum absolute atomic E-state index is 11.6. The number of H-pyrrole nitrogens is 1. The van der Waals surface area contributed by atoms with E-state index in [4.69, 9.17) is 26.9 Å². The van der Waals surface area contributed by atoms with Crippen molar-refractivity contribution in [3.63, 3.8) is 0 Å². The third kappa shape index (κ3) is 7.90. The summed E-state index contributed by atoms with van der Waals surface area (Å²) in [6, 6.07) is 6.54. The molecule has 0 radical (unpaired) electrons. The van der Waals surface area contributed by atoms with E-state index >= 15 is 0 Å². The molecule has 2 aromatic heterocycles. The summed E-state index contributed by atoms with van der Waals surface area (Å²) in [5.74, 6) is 6.26. The third-order valence-corrected chi connectivity index (χ3v) is 6.89. The first-order valence-corrected chi connectivity index (χ1v) is 13.1. The quantitative estimate of drug-likeness (QED) is 0.239. The fraction of sp³-hybridized carbons (Fsp3) is 0.379. The molecule has 1 atom stereocenters. The van der Waals surface area contributed by atoms with Crippen molar-refractivity contribution in [1.82, 2.24) is 20.1 Å². The number of benzene rings is 1. The number of hydrogen-bond donors (Lipinski definition) is 3. The maximum Gasteiger partial charge on any atom is 0.255 e. The number of hydrogen-bond acceptors (Lipinski definition) is 7. The number of carbonyl (C=O) groups excluding carboxylic acids is 2. The van der Waals surface area contributed by atoms with Crippen LogP contribution in [0.3, 0.4) is 0 Å². The van der Waals surface area contributed by atoms with Crippen LogP contribution in [0.2, 0.25) is 5.02 Å². The fourth-order valence-corrected chi connectivity index (χ4v) is 4.61. The molecule has 206 valence electrons. The number of anilines is 1. The Kier molecular flexibility index (Phi) is 11.1. The summed E-state index contributed by atoms with van der Waals surface area (Å²) in [7, 11) is 5.59. The van der Waals surface area contributed by atoms with Gasteiger partial charge in [-0.2, -0.15) is 5.10 Å². The predicted molar refractivity (Wildman–Crippen MR) is 155 cm³/mol. The highest BCUT2D eigenvalue weighted by Crippen LogP contribution is 2.43. The Morgan fingerprint density at radius 2 is 2.10 bits per heavy atom. The number of aldehydes is 1. The van der Waals surface area contributed by atoms with Gasteiger partial charge in [0.25, 0.3) is 5.91 Å².